The number of nitrogens with one attached hydrogen (secondary N) is 5. The molecule has 5 saturated heterocycles. The molecule has 2 spiro atoms. The van der Waals surface area contributed by atoms with Gasteiger partial charge in [-0.25, -0.2) is 29.9 Å². The molecule has 1 unspecified atom stereocenters. The predicted octanol–water partition coefficient (Wildman–Crippen LogP) is 13.5. The first-order valence-electron chi connectivity index (χ1n) is 42.8. The largest absolute Gasteiger partial charge is 0.369 e. The summed E-state index contributed by atoms with van der Waals surface area (Å²) in [6.07, 6.45) is 48.2. The Morgan fingerprint density at radius 1 is 0.378 bits per heavy atom. The average Bonchev–Trinajstić information content (AvgIpc) is 1.66. The van der Waals surface area contributed by atoms with Crippen molar-refractivity contribution in [3.05, 3.63) is 166 Å². The number of rotatable bonds is 21. The van der Waals surface area contributed by atoms with Crippen molar-refractivity contribution in [3.8, 4) is 101 Å². The monoisotopic (exact) mass is 1600 g/mol. The number of amides is 2. The van der Waals surface area contributed by atoms with Crippen LogP contribution in [0.2, 0.25) is 0 Å². The van der Waals surface area contributed by atoms with E-state index < -0.39 is 0 Å². The van der Waals surface area contributed by atoms with E-state index in [1.165, 1.54) is 19.3 Å². The number of benzene rings is 3. The fraction of sp³-hybridized carbons (Fsp3) is 0.451. The highest BCUT2D eigenvalue weighted by Crippen LogP contribution is 2.47. The molecule has 618 valence electrons. The lowest BCUT2D eigenvalue weighted by molar-refractivity contribution is -0.131. The van der Waals surface area contributed by atoms with Gasteiger partial charge in [-0.2, -0.15) is 30.6 Å². The first-order valence-corrected chi connectivity index (χ1v) is 42.8. The second kappa shape index (κ2) is 35.5. The normalized spacial score (nSPS) is 21.1. The SMILES string of the molecule is CN1C(=O)CCC12CCC(n1cc(-c3cnc(-c4cccc(-c5cnn(C)c5)c4)nc3NCC3CCNCC3)cn1)CC2.CN1CCC(CNc2nc(-c3cccc(-c4cnn(C)c4)c3)ncc2-c2cnn(C3CCC4(CCC(=O)N4C)CC3)c2)CC1.Cn1cc(-c2cccc(-c3ncc(-c4cnn(C)c4)c(NCCC4CCNC4)n3)c2)cn1. The lowest BCUT2D eigenvalue weighted by atomic mass is 9.78. The number of aromatic nitrogens is 18. The van der Waals surface area contributed by atoms with Crippen LogP contribution in [-0.4, -0.2) is 206 Å². The number of aryl methyl sites for hydroxylation is 4. The molecule has 28 heteroatoms. The van der Waals surface area contributed by atoms with Crippen LogP contribution >= 0.6 is 0 Å². The molecular weight excluding hydrogens is 1490 g/mol. The molecule has 5 N–H and O–H groups in total. The van der Waals surface area contributed by atoms with Crippen molar-refractivity contribution < 1.29 is 9.59 Å². The highest BCUT2D eigenvalue weighted by molar-refractivity contribution is 5.82. The van der Waals surface area contributed by atoms with Gasteiger partial charge in [0.2, 0.25) is 11.8 Å². The summed E-state index contributed by atoms with van der Waals surface area (Å²) < 4.78 is 11.5. The first kappa shape index (κ1) is 79.8. The second-order valence-electron chi connectivity index (χ2n) is 34.2. The molecule has 3 aromatic carbocycles. The van der Waals surface area contributed by atoms with Crippen molar-refractivity contribution in [1.29, 1.82) is 0 Å². The summed E-state index contributed by atoms with van der Waals surface area (Å²) in [5.74, 6) is 7.18. The Hall–Kier alpha value is -11.6. The van der Waals surface area contributed by atoms with Gasteiger partial charge in [0.1, 0.15) is 17.5 Å². The summed E-state index contributed by atoms with van der Waals surface area (Å²) in [5.41, 5.74) is 15.5. The summed E-state index contributed by atoms with van der Waals surface area (Å²) in [7, 11) is 13.9. The molecule has 2 amide bonds. The van der Waals surface area contributed by atoms with Gasteiger partial charge in [0.15, 0.2) is 17.5 Å². The summed E-state index contributed by atoms with van der Waals surface area (Å²) >= 11 is 0. The number of carbonyl (C=O) groups excluding carboxylic acids is 2. The maximum absolute atomic E-state index is 12.2. The van der Waals surface area contributed by atoms with Crippen molar-refractivity contribution in [2.45, 2.75) is 139 Å². The van der Waals surface area contributed by atoms with Crippen LogP contribution in [0.3, 0.4) is 0 Å². The van der Waals surface area contributed by atoms with E-state index in [-0.39, 0.29) is 22.9 Å². The van der Waals surface area contributed by atoms with Crippen LogP contribution in [0.1, 0.15) is 128 Å². The Kier molecular flexibility index (Phi) is 23.8. The second-order valence-corrected chi connectivity index (χ2v) is 34.2. The summed E-state index contributed by atoms with van der Waals surface area (Å²) in [6.45, 7) is 9.27. The molecule has 7 aliphatic rings. The number of anilines is 3. The number of carbonyl (C=O) groups is 2. The van der Waals surface area contributed by atoms with E-state index in [2.05, 4.69) is 141 Å². The van der Waals surface area contributed by atoms with Crippen LogP contribution in [0, 0.1) is 17.8 Å². The quantitative estimate of drug-likeness (QED) is 0.0447. The average molecular weight is 1600 g/mol. The molecule has 19 rings (SSSR count). The summed E-state index contributed by atoms with van der Waals surface area (Å²) in [5, 5.41) is 44.8. The minimum Gasteiger partial charge on any atom is -0.369 e. The van der Waals surface area contributed by atoms with E-state index in [0.29, 0.717) is 54.2 Å². The smallest absolute Gasteiger partial charge is 0.222 e. The van der Waals surface area contributed by atoms with E-state index in [0.717, 1.165) is 249 Å². The lowest BCUT2D eigenvalue weighted by Crippen LogP contribution is -2.46. The number of nitrogens with zero attached hydrogens (tertiary/aromatic N) is 21. The Morgan fingerprint density at radius 2 is 0.739 bits per heavy atom. The predicted molar refractivity (Wildman–Crippen MR) is 465 cm³/mol. The molecule has 119 heavy (non-hydrogen) atoms. The highest BCUT2D eigenvalue weighted by atomic mass is 16.2. The Bertz CT molecular complexity index is 5480. The van der Waals surface area contributed by atoms with Crippen molar-refractivity contribution in [3.63, 3.8) is 0 Å². The molecule has 1 atom stereocenters. The van der Waals surface area contributed by atoms with Crippen LogP contribution in [-0.2, 0) is 37.8 Å². The van der Waals surface area contributed by atoms with Crippen LogP contribution in [0.15, 0.2) is 166 Å². The molecule has 14 heterocycles. The molecule has 12 aromatic rings. The molecular formula is C91H112N26O2. The molecule has 2 aliphatic carbocycles. The Morgan fingerprint density at radius 3 is 1.12 bits per heavy atom. The molecule has 9 aromatic heterocycles. The third kappa shape index (κ3) is 18.2. The maximum atomic E-state index is 12.2. The van der Waals surface area contributed by atoms with Crippen LogP contribution < -0.4 is 26.6 Å². The van der Waals surface area contributed by atoms with E-state index >= 15 is 0 Å². The van der Waals surface area contributed by atoms with Crippen molar-refractivity contribution in [2.24, 2.45) is 45.9 Å². The molecule has 0 bridgehead atoms. The minimum atomic E-state index is 0.0482. The van der Waals surface area contributed by atoms with Crippen LogP contribution in [0.25, 0.3) is 101 Å². The van der Waals surface area contributed by atoms with Gasteiger partial charge in [-0.05, 0) is 202 Å². The van der Waals surface area contributed by atoms with Crippen molar-refractivity contribution in [2.75, 3.05) is 96.0 Å². The van der Waals surface area contributed by atoms with Gasteiger partial charge in [0.25, 0.3) is 0 Å². The van der Waals surface area contributed by atoms with Gasteiger partial charge in [-0.1, -0.05) is 54.6 Å². The van der Waals surface area contributed by atoms with Gasteiger partial charge in [-0.3, -0.25) is 37.7 Å². The van der Waals surface area contributed by atoms with Gasteiger partial charge < -0.3 is 41.3 Å². The molecule has 0 radical (unpaired) electrons. The summed E-state index contributed by atoms with van der Waals surface area (Å²) in [6, 6.07) is 25.6. The zero-order chi connectivity index (χ0) is 81.6. The Labute approximate surface area is 696 Å². The third-order valence-corrected chi connectivity index (χ3v) is 26.4. The van der Waals surface area contributed by atoms with E-state index in [1.54, 1.807) is 4.68 Å². The molecule has 7 fully saturated rings. The fourth-order valence-corrected chi connectivity index (χ4v) is 18.8. The standard InChI is InChI=1S/C34H43N9O.C33H41N9O.C24H28N8/c1-40-15-10-24(11-16-40)18-35-33-30(21-36-32(39-33)26-6-4-5-25(17-26)27-19-37-41(2)22-27)28-20-38-43(23-28)29-7-12-34(13-8-29)14-9-31(44)42(34)3;1-40-21-26(18-37-40)24-4-3-5-25(16-24)31-36-20-29(32(39-31)35-17-23-9-14-34-15-10-23)27-19-38-42(22-27)28-6-11-33(12-7-28)13-8-30(43)41(33)2;1-31-15-20(12-28-31)18-4-3-5-19(10-18)23-27-14-22(21-13-29-32(2)16-21)24(30-23)26-9-7-17-6-8-25-11-17/h4-6,17,19-24,29H,7-16,18H2,1-3H3,(H,35,36,39);3-5,16,18-23,28,34H,6-15,17H2,1-2H3,(H,35,36,39);3-5,10,12-17,25H,6-9,11H2,1-2H3,(H,26,27,30). The van der Waals surface area contributed by atoms with Gasteiger partial charge in [-0.15, -0.1) is 0 Å². The van der Waals surface area contributed by atoms with Gasteiger partial charge in [0, 0.05) is 208 Å². The van der Waals surface area contributed by atoms with E-state index in [4.69, 9.17) is 40.1 Å². The number of hydrogen-bond acceptors (Lipinski definition) is 20. The van der Waals surface area contributed by atoms with Gasteiger partial charge >= 0.3 is 0 Å². The first-order chi connectivity index (χ1) is 58.0. The topological polar surface area (TPSA) is 288 Å². The number of hydrogen-bond donors (Lipinski definition) is 5. The van der Waals surface area contributed by atoms with E-state index in [1.807, 2.05) is 159 Å². The zero-order valence-corrected chi connectivity index (χ0v) is 69.8. The minimum absolute atomic E-state index is 0.0482. The molecule has 5 aliphatic heterocycles. The number of likely N-dealkylation sites (tertiary alicyclic amines) is 3. The van der Waals surface area contributed by atoms with Crippen molar-refractivity contribution in [1.82, 2.24) is 114 Å². The summed E-state index contributed by atoms with van der Waals surface area (Å²) in [4.78, 5) is 60.5. The zero-order valence-electron chi connectivity index (χ0n) is 69.8. The molecule has 2 saturated carbocycles. The van der Waals surface area contributed by atoms with E-state index in [9.17, 15) is 9.59 Å². The maximum Gasteiger partial charge on any atom is 0.222 e. The van der Waals surface area contributed by atoms with Crippen molar-refractivity contribution >= 4 is 29.3 Å². The fourth-order valence-electron chi connectivity index (χ4n) is 18.8. The number of piperidine rings is 2. The van der Waals surface area contributed by atoms with Crippen LogP contribution in [0.4, 0.5) is 17.5 Å². The lowest BCUT2D eigenvalue weighted by Gasteiger charge is -2.42. The van der Waals surface area contributed by atoms with Crippen LogP contribution in [0.5, 0.6) is 0 Å². The highest BCUT2D eigenvalue weighted by Gasteiger charge is 2.47. The van der Waals surface area contributed by atoms with Gasteiger partial charge in [0.05, 0.1) is 49.3 Å². The molecule has 28 nitrogen and oxygen atoms in total. The Balaban J connectivity index is 0.000000129. The third-order valence-electron chi connectivity index (χ3n) is 26.4.